The number of aromatic nitrogens is 2. The lowest BCUT2D eigenvalue weighted by molar-refractivity contribution is 0.311. The molecule has 7 nitrogen and oxygen atoms in total. The van der Waals surface area contributed by atoms with Crippen LogP contribution in [0, 0.1) is 5.92 Å². The monoisotopic (exact) mass is 487 g/mol. The Labute approximate surface area is 178 Å². The third-order valence-electron chi connectivity index (χ3n) is 3.69. The molecule has 0 aliphatic heterocycles. The van der Waals surface area contributed by atoms with E-state index in [1.54, 1.807) is 13.3 Å². The third-order valence-corrected chi connectivity index (χ3v) is 3.69. The standard InChI is InChI=1S/C19H29N5O2.HI/c1-5-20-19(21-13-15(3)14-24-11-7-10-22-24)23-16-8-9-17(26-6-2)18(12-16)25-4;/h7-12,15H,5-6,13-14H2,1-4H3,(H2,20,21,23);1H. The minimum Gasteiger partial charge on any atom is -0.493 e. The summed E-state index contributed by atoms with van der Waals surface area (Å²) in [5.74, 6) is 2.54. The number of nitrogens with one attached hydrogen (secondary N) is 2. The first-order valence-corrected chi connectivity index (χ1v) is 8.99. The number of hydrogen-bond acceptors (Lipinski definition) is 4. The van der Waals surface area contributed by atoms with E-state index in [-0.39, 0.29) is 24.0 Å². The topological polar surface area (TPSA) is 72.7 Å². The van der Waals surface area contributed by atoms with Gasteiger partial charge in [0.25, 0.3) is 0 Å². The number of anilines is 1. The molecule has 0 bridgehead atoms. The average Bonchev–Trinajstić information content (AvgIpc) is 3.14. The molecule has 0 amide bonds. The Balaban J connectivity index is 0.00000364. The Morgan fingerprint density at radius 3 is 2.74 bits per heavy atom. The average molecular weight is 487 g/mol. The summed E-state index contributed by atoms with van der Waals surface area (Å²) in [7, 11) is 1.64. The summed E-state index contributed by atoms with van der Waals surface area (Å²) in [6, 6.07) is 7.69. The van der Waals surface area contributed by atoms with E-state index in [4.69, 9.17) is 9.47 Å². The van der Waals surface area contributed by atoms with Gasteiger partial charge < -0.3 is 20.1 Å². The zero-order chi connectivity index (χ0) is 18.8. The van der Waals surface area contributed by atoms with Crippen LogP contribution in [-0.2, 0) is 6.54 Å². The molecule has 0 spiro atoms. The van der Waals surface area contributed by atoms with Crippen LogP contribution in [0.2, 0.25) is 0 Å². The van der Waals surface area contributed by atoms with Gasteiger partial charge >= 0.3 is 0 Å². The summed E-state index contributed by atoms with van der Waals surface area (Å²) in [5.41, 5.74) is 0.893. The number of nitrogens with zero attached hydrogens (tertiary/aromatic N) is 3. The predicted octanol–water partition coefficient (Wildman–Crippen LogP) is 3.62. The highest BCUT2D eigenvalue weighted by molar-refractivity contribution is 14.0. The van der Waals surface area contributed by atoms with Gasteiger partial charge in [0.15, 0.2) is 17.5 Å². The maximum Gasteiger partial charge on any atom is 0.195 e. The maximum atomic E-state index is 5.56. The quantitative estimate of drug-likeness (QED) is 0.321. The van der Waals surface area contributed by atoms with Gasteiger partial charge in [0.2, 0.25) is 0 Å². The number of aliphatic imine (C=N–C) groups is 1. The van der Waals surface area contributed by atoms with Crippen molar-refractivity contribution in [2.45, 2.75) is 27.3 Å². The van der Waals surface area contributed by atoms with Crippen molar-refractivity contribution in [3.63, 3.8) is 0 Å². The lowest BCUT2D eigenvalue weighted by Gasteiger charge is -2.15. The third kappa shape index (κ3) is 7.66. The second-order valence-electron chi connectivity index (χ2n) is 5.98. The van der Waals surface area contributed by atoms with Gasteiger partial charge in [-0.15, -0.1) is 24.0 Å². The van der Waals surface area contributed by atoms with E-state index >= 15 is 0 Å². The molecule has 2 aromatic rings. The normalized spacial score (nSPS) is 12.1. The van der Waals surface area contributed by atoms with Crippen LogP contribution >= 0.6 is 24.0 Å². The zero-order valence-electron chi connectivity index (χ0n) is 16.4. The number of halogens is 1. The highest BCUT2D eigenvalue weighted by Crippen LogP contribution is 2.30. The Bertz CT molecular complexity index is 691. The van der Waals surface area contributed by atoms with Crippen LogP contribution in [0.1, 0.15) is 20.8 Å². The fraction of sp³-hybridized carbons (Fsp3) is 0.474. The van der Waals surface area contributed by atoms with Crippen molar-refractivity contribution in [1.82, 2.24) is 15.1 Å². The van der Waals surface area contributed by atoms with Crippen LogP contribution in [0.15, 0.2) is 41.7 Å². The minimum atomic E-state index is 0. The van der Waals surface area contributed by atoms with Gasteiger partial charge in [-0.1, -0.05) is 6.92 Å². The first-order valence-electron chi connectivity index (χ1n) is 8.99. The molecular weight excluding hydrogens is 457 g/mol. The number of guanidine groups is 1. The molecule has 0 radical (unpaired) electrons. The van der Waals surface area contributed by atoms with Crippen LogP contribution in [0.5, 0.6) is 11.5 Å². The smallest absolute Gasteiger partial charge is 0.195 e. The molecule has 2 rings (SSSR count). The molecule has 0 fully saturated rings. The number of hydrogen-bond donors (Lipinski definition) is 2. The van der Waals surface area contributed by atoms with Crippen molar-refractivity contribution < 1.29 is 9.47 Å². The van der Waals surface area contributed by atoms with Gasteiger partial charge in [-0.25, -0.2) is 0 Å². The van der Waals surface area contributed by atoms with Crippen LogP contribution in [0.25, 0.3) is 0 Å². The lowest BCUT2D eigenvalue weighted by Crippen LogP contribution is -2.31. The summed E-state index contributed by atoms with van der Waals surface area (Å²) in [6.45, 7) is 9.08. The number of methoxy groups -OCH3 is 1. The van der Waals surface area contributed by atoms with Gasteiger partial charge in [0.05, 0.1) is 13.7 Å². The molecule has 150 valence electrons. The first kappa shape index (κ1) is 23.1. The Morgan fingerprint density at radius 2 is 2.11 bits per heavy atom. The molecule has 1 aromatic heterocycles. The molecule has 8 heteroatoms. The Hall–Kier alpha value is -1.97. The molecule has 0 saturated heterocycles. The minimum absolute atomic E-state index is 0. The van der Waals surface area contributed by atoms with E-state index in [0.29, 0.717) is 24.8 Å². The summed E-state index contributed by atoms with van der Waals surface area (Å²) < 4.78 is 12.9. The van der Waals surface area contributed by atoms with Crippen LogP contribution in [-0.4, -0.2) is 42.5 Å². The SMILES string of the molecule is CCNC(=NCC(C)Cn1cccn1)Nc1ccc(OCC)c(OC)c1.I. The lowest BCUT2D eigenvalue weighted by atomic mass is 10.2. The summed E-state index contributed by atoms with van der Waals surface area (Å²) in [5, 5.41) is 10.8. The highest BCUT2D eigenvalue weighted by Gasteiger charge is 2.08. The largest absolute Gasteiger partial charge is 0.493 e. The molecule has 1 unspecified atom stereocenters. The fourth-order valence-corrected chi connectivity index (χ4v) is 2.50. The van der Waals surface area contributed by atoms with E-state index in [2.05, 4.69) is 27.6 Å². The summed E-state index contributed by atoms with van der Waals surface area (Å²) in [6.07, 6.45) is 3.76. The molecule has 27 heavy (non-hydrogen) atoms. The molecule has 0 aliphatic rings. The first-order chi connectivity index (χ1) is 12.7. The van der Waals surface area contributed by atoms with Gasteiger partial charge in [-0.3, -0.25) is 9.67 Å². The second kappa shape index (κ2) is 12.4. The van der Waals surface area contributed by atoms with Gasteiger partial charge in [-0.2, -0.15) is 5.10 Å². The molecule has 1 aromatic carbocycles. The van der Waals surface area contributed by atoms with Crippen molar-refractivity contribution >= 4 is 35.6 Å². The molecule has 0 aliphatic carbocycles. The van der Waals surface area contributed by atoms with E-state index in [1.807, 2.05) is 49.0 Å². The second-order valence-corrected chi connectivity index (χ2v) is 5.98. The molecule has 0 saturated carbocycles. The van der Waals surface area contributed by atoms with Crippen molar-refractivity contribution in [3.05, 3.63) is 36.7 Å². The zero-order valence-corrected chi connectivity index (χ0v) is 18.8. The van der Waals surface area contributed by atoms with E-state index in [9.17, 15) is 0 Å². The summed E-state index contributed by atoms with van der Waals surface area (Å²) >= 11 is 0. The number of rotatable bonds is 9. The van der Waals surface area contributed by atoms with E-state index in [1.165, 1.54) is 0 Å². The number of benzene rings is 1. The molecule has 1 atom stereocenters. The van der Waals surface area contributed by atoms with E-state index in [0.717, 1.165) is 30.5 Å². The van der Waals surface area contributed by atoms with Crippen molar-refractivity contribution in [2.75, 3.05) is 32.1 Å². The molecule has 2 N–H and O–H groups in total. The van der Waals surface area contributed by atoms with Gasteiger partial charge in [-0.05, 0) is 38.0 Å². The van der Waals surface area contributed by atoms with Crippen molar-refractivity contribution in [3.8, 4) is 11.5 Å². The maximum absolute atomic E-state index is 5.56. The van der Waals surface area contributed by atoms with Crippen molar-refractivity contribution in [1.29, 1.82) is 0 Å². The van der Waals surface area contributed by atoms with Crippen LogP contribution < -0.4 is 20.1 Å². The fourth-order valence-electron chi connectivity index (χ4n) is 2.50. The van der Waals surface area contributed by atoms with Gasteiger partial charge in [0, 0.05) is 43.8 Å². The van der Waals surface area contributed by atoms with Gasteiger partial charge in [0.1, 0.15) is 0 Å². The molecule has 1 heterocycles. The van der Waals surface area contributed by atoms with Crippen LogP contribution in [0.4, 0.5) is 5.69 Å². The Kier molecular flexibility index (Phi) is 10.6. The summed E-state index contributed by atoms with van der Waals surface area (Å²) in [4.78, 5) is 4.68. The van der Waals surface area contributed by atoms with E-state index < -0.39 is 0 Å². The highest BCUT2D eigenvalue weighted by atomic mass is 127. The number of ether oxygens (including phenoxy) is 2. The molecular formula is C19H30IN5O2. The Morgan fingerprint density at radius 1 is 1.30 bits per heavy atom. The predicted molar refractivity (Wildman–Crippen MR) is 121 cm³/mol. The van der Waals surface area contributed by atoms with Crippen LogP contribution in [0.3, 0.4) is 0 Å². The van der Waals surface area contributed by atoms with Crippen molar-refractivity contribution in [2.24, 2.45) is 10.9 Å².